The van der Waals surface area contributed by atoms with Crippen LogP contribution < -0.4 is 37.6 Å². The minimum Gasteiger partial charge on any atom is -0.378 e. The van der Waals surface area contributed by atoms with Gasteiger partial charge in [0.05, 0.1) is 58.1 Å². The number of carbonyl (C=O) groups excluding carboxylic acids is 8. The van der Waals surface area contributed by atoms with Gasteiger partial charge in [0, 0.05) is 89.5 Å². The van der Waals surface area contributed by atoms with E-state index in [1.165, 1.54) is 11.8 Å². The van der Waals surface area contributed by atoms with Crippen LogP contribution in [0, 0.1) is 11.3 Å². The molecule has 0 aromatic carbocycles. The number of hydrogen-bond acceptors (Lipinski definition) is 15. The van der Waals surface area contributed by atoms with Crippen LogP contribution in [0.2, 0.25) is 0 Å². The molecular weight excluding hydrogens is 867 g/mol. The fourth-order valence-corrected chi connectivity index (χ4v) is 7.05. The second kappa shape index (κ2) is 36.9. The number of nitrogens with one attached hydrogen (secondary N) is 7. The molecule has 21 nitrogen and oxygen atoms in total. The number of unbranched alkanes of at least 4 members (excludes halogenated alkanes) is 1. The summed E-state index contributed by atoms with van der Waals surface area (Å²) in [6.07, 6.45) is 2.55. The van der Waals surface area contributed by atoms with Crippen LogP contribution in [0.15, 0.2) is 0 Å². The molecule has 2 atom stereocenters. The summed E-state index contributed by atoms with van der Waals surface area (Å²) in [5.41, 5.74) is 6.14. The summed E-state index contributed by atoms with van der Waals surface area (Å²) in [6, 6.07) is -0.526. The third-order valence-electron chi connectivity index (χ3n) is 9.70. The van der Waals surface area contributed by atoms with Gasteiger partial charge in [-0.25, -0.2) is 0 Å². The van der Waals surface area contributed by atoms with E-state index in [4.69, 9.17) is 30.1 Å². The van der Waals surface area contributed by atoms with Crippen LogP contribution in [0.5, 0.6) is 0 Å². The van der Waals surface area contributed by atoms with E-state index < -0.39 is 23.1 Å². The second-order valence-electron chi connectivity index (χ2n) is 16.0. The Balaban J connectivity index is 2.03. The zero-order chi connectivity index (χ0) is 48.2. The van der Waals surface area contributed by atoms with Crippen LogP contribution in [0.4, 0.5) is 0 Å². The molecule has 9 N–H and O–H groups in total. The van der Waals surface area contributed by atoms with Crippen molar-refractivity contribution in [3.05, 3.63) is 0 Å². The van der Waals surface area contributed by atoms with Crippen LogP contribution in [-0.2, 0) is 57.3 Å². The lowest BCUT2D eigenvalue weighted by Crippen LogP contribution is -2.44. The third-order valence-corrected chi connectivity index (χ3v) is 11.0. The largest absolute Gasteiger partial charge is 0.378 e. The van der Waals surface area contributed by atoms with Crippen LogP contribution in [0.1, 0.15) is 98.3 Å². The number of primary amides is 1. The van der Waals surface area contributed by atoms with E-state index in [-0.39, 0.29) is 139 Å². The van der Waals surface area contributed by atoms with Crippen molar-refractivity contribution in [2.75, 3.05) is 97.9 Å². The fourth-order valence-electron chi connectivity index (χ4n) is 5.92. The van der Waals surface area contributed by atoms with E-state index in [2.05, 4.69) is 45.7 Å². The van der Waals surface area contributed by atoms with E-state index in [0.717, 1.165) is 17.9 Å². The van der Waals surface area contributed by atoms with Gasteiger partial charge >= 0.3 is 0 Å². The molecule has 1 rings (SSSR count). The third kappa shape index (κ3) is 31.4. The van der Waals surface area contributed by atoms with Crippen LogP contribution >= 0.6 is 11.8 Å². The number of rotatable bonds is 41. The fraction of sp³-hybridized carbons (Fsp3) is 0.791. The Bertz CT molecular complexity index is 1470. The summed E-state index contributed by atoms with van der Waals surface area (Å²) in [7, 11) is 0. The SMILES string of the molecule is CC(C)NCCOCCOCCNC(=O)CCC(=O)NCCOCCOCCNC(=O)CCC(=O)N[C@@H](CCCCNC(=O)CCN1C(=O)CC(SCCCC(=N)C(C)C)C1=O)C(N)=O. The van der Waals surface area contributed by atoms with Crippen LogP contribution in [0.3, 0.4) is 0 Å². The van der Waals surface area contributed by atoms with Gasteiger partial charge in [-0.05, 0) is 43.8 Å². The van der Waals surface area contributed by atoms with Gasteiger partial charge in [-0.1, -0.05) is 27.7 Å². The Morgan fingerprint density at radius 2 is 1.12 bits per heavy atom. The van der Waals surface area contributed by atoms with Crippen molar-refractivity contribution in [2.24, 2.45) is 11.7 Å². The number of amides is 8. The van der Waals surface area contributed by atoms with Gasteiger partial charge in [0.1, 0.15) is 6.04 Å². The van der Waals surface area contributed by atoms with Crippen molar-refractivity contribution in [2.45, 2.75) is 116 Å². The van der Waals surface area contributed by atoms with E-state index in [1.807, 2.05) is 13.8 Å². The highest BCUT2D eigenvalue weighted by molar-refractivity contribution is 8.00. The van der Waals surface area contributed by atoms with Crippen molar-refractivity contribution in [1.29, 1.82) is 5.41 Å². The Morgan fingerprint density at radius 3 is 1.62 bits per heavy atom. The Morgan fingerprint density at radius 1 is 0.646 bits per heavy atom. The average Bonchev–Trinajstić information content (AvgIpc) is 3.53. The predicted octanol–water partition coefficient (Wildman–Crippen LogP) is -0.0768. The maximum Gasteiger partial charge on any atom is 0.242 e. The highest BCUT2D eigenvalue weighted by atomic mass is 32.2. The summed E-state index contributed by atoms with van der Waals surface area (Å²) in [5, 5.41) is 24.1. The maximum absolute atomic E-state index is 12.7. The Kier molecular flexibility index (Phi) is 33.4. The molecule has 0 radical (unpaired) electrons. The molecule has 8 amide bonds. The number of thioether (sulfide) groups is 1. The lowest BCUT2D eigenvalue weighted by atomic mass is 10.0. The van der Waals surface area contributed by atoms with Crippen molar-refractivity contribution in [3.63, 3.8) is 0 Å². The molecule has 1 fully saturated rings. The topological polar surface area (TPSA) is 299 Å². The summed E-state index contributed by atoms with van der Waals surface area (Å²) in [5.74, 6) is -2.13. The Labute approximate surface area is 388 Å². The molecule has 372 valence electrons. The first-order valence-electron chi connectivity index (χ1n) is 22.8. The summed E-state index contributed by atoms with van der Waals surface area (Å²) in [4.78, 5) is 99.1. The van der Waals surface area contributed by atoms with E-state index >= 15 is 0 Å². The number of nitrogens with zero attached hydrogens (tertiary/aromatic N) is 1. The number of hydrogen-bond donors (Lipinski definition) is 8. The molecule has 0 aromatic heterocycles. The molecule has 0 spiro atoms. The quantitative estimate of drug-likeness (QED) is 0.0226. The predicted molar refractivity (Wildman–Crippen MR) is 246 cm³/mol. The highest BCUT2D eigenvalue weighted by Crippen LogP contribution is 2.26. The first kappa shape index (κ1) is 58.8. The first-order chi connectivity index (χ1) is 31.1. The molecule has 65 heavy (non-hydrogen) atoms. The number of ether oxygens (including phenoxy) is 4. The van der Waals surface area contributed by atoms with E-state index in [0.29, 0.717) is 69.7 Å². The van der Waals surface area contributed by atoms with Crippen molar-refractivity contribution >= 4 is 64.7 Å². The lowest BCUT2D eigenvalue weighted by Gasteiger charge is -2.16. The van der Waals surface area contributed by atoms with Crippen molar-refractivity contribution in [3.8, 4) is 0 Å². The lowest BCUT2D eigenvalue weighted by molar-refractivity contribution is -0.138. The van der Waals surface area contributed by atoms with Crippen LogP contribution in [0.25, 0.3) is 0 Å². The molecule has 0 aliphatic carbocycles. The van der Waals surface area contributed by atoms with E-state index in [1.54, 1.807) is 0 Å². The number of nitrogens with two attached hydrogens (primary N) is 1. The molecule has 0 saturated carbocycles. The normalized spacial score (nSPS) is 14.1. The molecule has 22 heteroatoms. The smallest absolute Gasteiger partial charge is 0.242 e. The molecule has 0 aromatic rings. The van der Waals surface area contributed by atoms with E-state index in [9.17, 15) is 38.4 Å². The van der Waals surface area contributed by atoms with Crippen molar-refractivity contribution in [1.82, 2.24) is 36.8 Å². The first-order valence-corrected chi connectivity index (χ1v) is 23.9. The van der Waals surface area contributed by atoms with Gasteiger partial charge in [-0.2, -0.15) is 0 Å². The second-order valence-corrected chi connectivity index (χ2v) is 17.3. The number of likely N-dealkylation sites (tertiary alicyclic amines) is 1. The molecule has 0 bridgehead atoms. The highest BCUT2D eigenvalue weighted by Gasteiger charge is 2.38. The van der Waals surface area contributed by atoms with Gasteiger partial charge in [0.15, 0.2) is 0 Å². The summed E-state index contributed by atoms with van der Waals surface area (Å²) in [6.45, 7) is 12.9. The molecule has 1 unspecified atom stereocenters. The summed E-state index contributed by atoms with van der Waals surface area (Å²) < 4.78 is 21.7. The van der Waals surface area contributed by atoms with Gasteiger partial charge in [-0.3, -0.25) is 43.3 Å². The standard InChI is InChI=1S/C43H77N9O12S/c1-31(2)33(44)8-7-29-65-35-30-41(58)52(43(35)60)20-14-39(56)47-15-6-5-9-34(42(45)59)51-40(57)13-12-38(55)50-19-24-64-28-27-63-23-18-49-37(54)11-10-36(53)48-17-22-62-26-25-61-21-16-46-32(3)4/h31-32,34-35,44,46H,5-30H2,1-4H3,(H2,45,59)(H,47,56)(H,48,53)(H,49,54)(H,50,55)(H,51,57)/t34-,35?/m0/s1. The number of imide groups is 1. The van der Waals surface area contributed by atoms with Gasteiger partial charge in [0.25, 0.3) is 0 Å². The zero-order valence-corrected chi connectivity index (χ0v) is 39.8. The molecular formula is C43H77N9O12S. The van der Waals surface area contributed by atoms with Crippen LogP contribution in [-0.4, -0.2) is 173 Å². The van der Waals surface area contributed by atoms with Gasteiger partial charge < -0.3 is 62.0 Å². The minimum atomic E-state index is -0.942. The van der Waals surface area contributed by atoms with Crippen molar-refractivity contribution < 1.29 is 57.3 Å². The molecule has 1 aliphatic heterocycles. The summed E-state index contributed by atoms with van der Waals surface area (Å²) >= 11 is 1.42. The zero-order valence-electron chi connectivity index (χ0n) is 39.0. The average molecular weight is 944 g/mol. The Hall–Kier alpha value is -4.22. The van der Waals surface area contributed by atoms with Gasteiger partial charge in [0.2, 0.25) is 47.3 Å². The maximum atomic E-state index is 12.7. The monoisotopic (exact) mass is 944 g/mol. The minimum absolute atomic E-state index is 0.000504. The number of carbonyl (C=O) groups is 8. The molecule has 1 saturated heterocycles. The molecule has 1 aliphatic rings. The molecule has 1 heterocycles. The van der Waals surface area contributed by atoms with Gasteiger partial charge in [-0.15, -0.1) is 11.8 Å².